The first-order valence-electron chi connectivity index (χ1n) is 6.77. The van der Waals surface area contributed by atoms with Gasteiger partial charge in [-0.05, 0) is 49.3 Å². The first-order valence-corrected chi connectivity index (χ1v) is 7.18. The Morgan fingerprint density at radius 1 is 1.10 bits per heavy atom. The van der Waals surface area contributed by atoms with Gasteiger partial charge in [0.15, 0.2) is 0 Å². The minimum Gasteiger partial charge on any atom is -0.357 e. The van der Waals surface area contributed by atoms with Gasteiger partial charge >= 0.3 is 0 Å². The number of hydrogen-bond acceptors (Lipinski definition) is 4. The SMILES string of the molecule is S=C=Nc1cccc(-c2cccc(N3CCCC3)n2)c1. The minimum absolute atomic E-state index is 0.811. The first kappa shape index (κ1) is 13.0. The van der Waals surface area contributed by atoms with E-state index in [2.05, 4.69) is 39.4 Å². The summed E-state index contributed by atoms with van der Waals surface area (Å²) in [6, 6.07) is 14.1. The average Bonchev–Trinajstić information content (AvgIpc) is 3.02. The molecule has 0 spiro atoms. The maximum atomic E-state index is 4.76. The lowest BCUT2D eigenvalue weighted by atomic mass is 10.1. The number of rotatable bonds is 3. The third kappa shape index (κ3) is 2.77. The lowest BCUT2D eigenvalue weighted by Crippen LogP contribution is -2.18. The summed E-state index contributed by atoms with van der Waals surface area (Å²) in [5.41, 5.74) is 2.83. The molecule has 1 saturated heterocycles. The van der Waals surface area contributed by atoms with Gasteiger partial charge in [-0.3, -0.25) is 0 Å². The Kier molecular flexibility index (Phi) is 3.86. The Balaban J connectivity index is 1.95. The fourth-order valence-corrected chi connectivity index (χ4v) is 2.60. The van der Waals surface area contributed by atoms with Crippen molar-refractivity contribution in [3.8, 4) is 11.3 Å². The molecule has 0 atom stereocenters. The molecule has 0 aliphatic carbocycles. The number of aliphatic imine (C=N–C) groups is 1. The molecule has 3 nitrogen and oxygen atoms in total. The maximum absolute atomic E-state index is 4.76. The number of thiocarbonyl (C=S) groups is 1. The van der Waals surface area contributed by atoms with Gasteiger partial charge < -0.3 is 4.90 Å². The number of aromatic nitrogens is 1. The van der Waals surface area contributed by atoms with Crippen molar-refractivity contribution in [2.45, 2.75) is 12.8 Å². The number of hydrogen-bond donors (Lipinski definition) is 0. The van der Waals surface area contributed by atoms with E-state index in [1.807, 2.05) is 30.3 Å². The van der Waals surface area contributed by atoms with Crippen LogP contribution in [0.2, 0.25) is 0 Å². The molecule has 0 bridgehead atoms. The summed E-state index contributed by atoms with van der Waals surface area (Å²) in [7, 11) is 0. The van der Waals surface area contributed by atoms with Crippen molar-refractivity contribution >= 4 is 28.9 Å². The van der Waals surface area contributed by atoms with Gasteiger partial charge in [-0.1, -0.05) is 18.2 Å². The van der Waals surface area contributed by atoms with Crippen molar-refractivity contribution < 1.29 is 0 Å². The van der Waals surface area contributed by atoms with Gasteiger partial charge in [0.2, 0.25) is 0 Å². The molecule has 0 amide bonds. The molecule has 3 rings (SSSR count). The van der Waals surface area contributed by atoms with Crippen molar-refractivity contribution in [1.29, 1.82) is 0 Å². The van der Waals surface area contributed by atoms with Crippen LogP contribution in [0.3, 0.4) is 0 Å². The fourth-order valence-electron chi connectivity index (χ4n) is 2.49. The van der Waals surface area contributed by atoms with Crippen LogP contribution in [0, 0.1) is 0 Å². The summed E-state index contributed by atoms with van der Waals surface area (Å²) < 4.78 is 0. The smallest absolute Gasteiger partial charge is 0.129 e. The highest BCUT2D eigenvalue weighted by Crippen LogP contribution is 2.25. The first-order chi connectivity index (χ1) is 9.86. The van der Waals surface area contributed by atoms with Gasteiger partial charge in [-0.15, -0.1) is 0 Å². The Hall–Kier alpha value is -2.03. The molecule has 2 aromatic rings. The highest BCUT2D eigenvalue weighted by molar-refractivity contribution is 7.78. The van der Waals surface area contributed by atoms with Crippen LogP contribution in [0.5, 0.6) is 0 Å². The number of pyridine rings is 1. The molecule has 1 fully saturated rings. The summed E-state index contributed by atoms with van der Waals surface area (Å²) in [4.78, 5) is 11.1. The largest absolute Gasteiger partial charge is 0.357 e. The lowest BCUT2D eigenvalue weighted by Gasteiger charge is -2.17. The van der Waals surface area contributed by atoms with Crippen LogP contribution in [0.1, 0.15) is 12.8 Å². The molecular weight excluding hydrogens is 266 g/mol. The Morgan fingerprint density at radius 3 is 2.70 bits per heavy atom. The molecule has 100 valence electrons. The maximum Gasteiger partial charge on any atom is 0.129 e. The van der Waals surface area contributed by atoms with E-state index in [-0.39, 0.29) is 0 Å². The Labute approximate surface area is 124 Å². The topological polar surface area (TPSA) is 28.5 Å². The van der Waals surface area contributed by atoms with Gasteiger partial charge in [0, 0.05) is 18.7 Å². The Bertz CT molecular complexity index is 656. The summed E-state index contributed by atoms with van der Waals surface area (Å²) in [6.45, 7) is 2.21. The third-order valence-electron chi connectivity index (χ3n) is 3.48. The quantitative estimate of drug-likeness (QED) is 0.627. The van der Waals surface area contributed by atoms with Crippen LogP contribution in [0.25, 0.3) is 11.3 Å². The van der Waals surface area contributed by atoms with E-state index in [0.717, 1.165) is 35.9 Å². The zero-order valence-electron chi connectivity index (χ0n) is 11.1. The molecule has 0 N–H and O–H groups in total. The van der Waals surface area contributed by atoms with Gasteiger partial charge in [-0.25, -0.2) is 4.98 Å². The molecule has 1 aromatic heterocycles. The number of benzene rings is 1. The monoisotopic (exact) mass is 281 g/mol. The molecule has 4 heteroatoms. The molecule has 20 heavy (non-hydrogen) atoms. The predicted molar refractivity (Wildman–Crippen MR) is 85.8 cm³/mol. The van der Waals surface area contributed by atoms with Crippen LogP contribution in [-0.2, 0) is 0 Å². The molecule has 0 unspecified atom stereocenters. The highest BCUT2D eigenvalue weighted by Gasteiger charge is 2.13. The van der Waals surface area contributed by atoms with E-state index in [9.17, 15) is 0 Å². The fraction of sp³-hybridized carbons (Fsp3) is 0.250. The van der Waals surface area contributed by atoms with Gasteiger partial charge in [-0.2, -0.15) is 4.99 Å². The second-order valence-electron chi connectivity index (χ2n) is 4.83. The summed E-state index contributed by atoms with van der Waals surface area (Å²) in [5, 5.41) is 2.40. The zero-order valence-corrected chi connectivity index (χ0v) is 11.9. The lowest BCUT2D eigenvalue weighted by molar-refractivity contribution is 0.939. The van der Waals surface area contributed by atoms with E-state index >= 15 is 0 Å². The van der Waals surface area contributed by atoms with Crippen molar-refractivity contribution in [2.24, 2.45) is 4.99 Å². The van der Waals surface area contributed by atoms with Gasteiger partial charge in [0.25, 0.3) is 0 Å². The van der Waals surface area contributed by atoms with Crippen molar-refractivity contribution in [3.05, 3.63) is 42.5 Å². The van der Waals surface area contributed by atoms with E-state index in [4.69, 9.17) is 4.98 Å². The van der Waals surface area contributed by atoms with E-state index in [0.29, 0.717) is 0 Å². The van der Waals surface area contributed by atoms with E-state index in [1.165, 1.54) is 12.8 Å². The molecule has 0 saturated carbocycles. The minimum atomic E-state index is 0.811. The van der Waals surface area contributed by atoms with Gasteiger partial charge in [0.05, 0.1) is 16.5 Å². The molecule has 0 radical (unpaired) electrons. The van der Waals surface area contributed by atoms with Crippen LogP contribution in [-0.4, -0.2) is 23.2 Å². The van der Waals surface area contributed by atoms with Crippen LogP contribution in [0.4, 0.5) is 11.5 Å². The van der Waals surface area contributed by atoms with Crippen molar-refractivity contribution in [1.82, 2.24) is 4.98 Å². The highest BCUT2D eigenvalue weighted by atomic mass is 32.1. The van der Waals surface area contributed by atoms with Crippen molar-refractivity contribution in [2.75, 3.05) is 18.0 Å². The molecular formula is C16H15N3S. The van der Waals surface area contributed by atoms with Crippen LogP contribution >= 0.6 is 12.2 Å². The third-order valence-corrected chi connectivity index (χ3v) is 3.57. The van der Waals surface area contributed by atoms with Crippen LogP contribution < -0.4 is 4.90 Å². The number of nitrogens with zero attached hydrogens (tertiary/aromatic N) is 3. The summed E-state index contributed by atoms with van der Waals surface area (Å²) >= 11 is 4.65. The molecule has 1 aliphatic rings. The second kappa shape index (κ2) is 5.95. The normalized spacial score (nSPS) is 14.1. The van der Waals surface area contributed by atoms with Gasteiger partial charge in [0.1, 0.15) is 5.82 Å². The second-order valence-corrected chi connectivity index (χ2v) is 5.01. The summed E-state index contributed by atoms with van der Waals surface area (Å²) in [5.74, 6) is 1.06. The number of isothiocyanates is 1. The predicted octanol–water partition coefficient (Wildman–Crippen LogP) is 4.08. The van der Waals surface area contributed by atoms with E-state index < -0.39 is 0 Å². The Morgan fingerprint density at radius 2 is 1.90 bits per heavy atom. The molecule has 2 heterocycles. The molecule has 1 aromatic carbocycles. The summed E-state index contributed by atoms with van der Waals surface area (Å²) in [6.07, 6.45) is 2.51. The molecule has 1 aliphatic heterocycles. The number of anilines is 1. The zero-order chi connectivity index (χ0) is 13.8. The van der Waals surface area contributed by atoms with Crippen LogP contribution in [0.15, 0.2) is 47.5 Å². The van der Waals surface area contributed by atoms with E-state index in [1.54, 1.807) is 0 Å². The average molecular weight is 281 g/mol. The standard InChI is InChI=1S/C16H15N3S/c20-12-17-14-6-3-5-13(11-14)15-7-4-8-16(18-15)19-9-1-2-10-19/h3-8,11H,1-2,9-10H2. The van der Waals surface area contributed by atoms with Crippen molar-refractivity contribution in [3.63, 3.8) is 0 Å².